The molecular formula is C12H16O. The predicted octanol–water partition coefficient (Wildman–Crippen LogP) is 3.19. The number of ketones is 1. The number of carbonyl (C=O) groups is 1. The van der Waals surface area contributed by atoms with Gasteiger partial charge in [0.2, 0.25) is 0 Å². The Hall–Kier alpha value is -1.11. The summed E-state index contributed by atoms with van der Waals surface area (Å²) in [5.41, 5.74) is 0. The summed E-state index contributed by atoms with van der Waals surface area (Å²) in [4.78, 5) is 11.1. The van der Waals surface area contributed by atoms with Crippen molar-refractivity contribution in [3.8, 4) is 0 Å². The predicted molar refractivity (Wildman–Crippen MR) is 55.5 cm³/mol. The molecule has 0 amide bonds. The van der Waals surface area contributed by atoms with Crippen LogP contribution in [0.4, 0.5) is 0 Å². The lowest BCUT2D eigenvalue weighted by Gasteiger charge is -1.92. The van der Waals surface area contributed by atoms with Gasteiger partial charge in [-0.1, -0.05) is 30.4 Å². The van der Waals surface area contributed by atoms with Crippen LogP contribution in [0.15, 0.2) is 36.5 Å². The van der Waals surface area contributed by atoms with E-state index in [-0.39, 0.29) is 5.78 Å². The van der Waals surface area contributed by atoms with E-state index in [0.29, 0.717) is 6.42 Å². The fraction of sp³-hybridized carbons (Fsp3) is 0.417. The molecule has 0 radical (unpaired) electrons. The number of rotatable bonds is 0. The van der Waals surface area contributed by atoms with Gasteiger partial charge in [0.1, 0.15) is 0 Å². The number of hydrogen-bond acceptors (Lipinski definition) is 1. The highest BCUT2D eigenvalue weighted by molar-refractivity contribution is 5.90. The van der Waals surface area contributed by atoms with Crippen LogP contribution in [0.25, 0.3) is 0 Å². The van der Waals surface area contributed by atoms with E-state index in [1.165, 1.54) is 0 Å². The van der Waals surface area contributed by atoms with Gasteiger partial charge in [0.25, 0.3) is 0 Å². The van der Waals surface area contributed by atoms with Gasteiger partial charge >= 0.3 is 0 Å². The van der Waals surface area contributed by atoms with Gasteiger partial charge in [-0.2, -0.15) is 0 Å². The third-order valence-corrected chi connectivity index (χ3v) is 1.96. The van der Waals surface area contributed by atoms with E-state index < -0.39 is 0 Å². The van der Waals surface area contributed by atoms with Crippen LogP contribution in [0.3, 0.4) is 0 Å². The van der Waals surface area contributed by atoms with Crippen LogP contribution in [0.2, 0.25) is 0 Å². The zero-order valence-electron chi connectivity index (χ0n) is 7.91. The van der Waals surface area contributed by atoms with Crippen molar-refractivity contribution in [2.24, 2.45) is 0 Å². The second-order valence-electron chi connectivity index (χ2n) is 3.17. The summed E-state index contributed by atoms with van der Waals surface area (Å²) in [5.74, 6) is 0.209. The van der Waals surface area contributed by atoms with Crippen molar-refractivity contribution in [2.45, 2.75) is 32.1 Å². The monoisotopic (exact) mass is 176 g/mol. The molecule has 0 saturated heterocycles. The highest BCUT2D eigenvalue weighted by atomic mass is 16.1. The standard InChI is InChI=1S/C12H16O/c13-12-10-8-6-4-2-1-3-5-7-9-11-12/h1-2,7-10H,3-6,11H2/b2-1-,9-7-,10-8-. The molecule has 70 valence electrons. The van der Waals surface area contributed by atoms with Gasteiger partial charge < -0.3 is 0 Å². The largest absolute Gasteiger partial charge is 0.295 e. The first-order chi connectivity index (χ1) is 6.39. The number of allylic oxidation sites excluding steroid dienone is 6. The molecule has 0 unspecified atom stereocenters. The minimum atomic E-state index is 0.209. The highest BCUT2D eigenvalue weighted by Crippen LogP contribution is 2.01. The highest BCUT2D eigenvalue weighted by Gasteiger charge is 1.91. The zero-order valence-corrected chi connectivity index (χ0v) is 7.91. The van der Waals surface area contributed by atoms with Gasteiger partial charge in [0.15, 0.2) is 5.78 Å². The summed E-state index contributed by atoms with van der Waals surface area (Å²) in [6.07, 6.45) is 16.8. The van der Waals surface area contributed by atoms with Crippen LogP contribution in [-0.2, 0) is 4.79 Å². The molecule has 0 aromatic carbocycles. The van der Waals surface area contributed by atoms with Crippen LogP contribution in [0.5, 0.6) is 0 Å². The first-order valence-corrected chi connectivity index (χ1v) is 4.89. The minimum Gasteiger partial charge on any atom is -0.295 e. The molecule has 0 bridgehead atoms. The fourth-order valence-electron chi connectivity index (χ4n) is 1.22. The van der Waals surface area contributed by atoms with E-state index in [0.717, 1.165) is 25.7 Å². The van der Waals surface area contributed by atoms with E-state index in [1.54, 1.807) is 6.08 Å². The molecule has 1 aliphatic carbocycles. The van der Waals surface area contributed by atoms with Crippen molar-refractivity contribution in [3.05, 3.63) is 36.5 Å². The van der Waals surface area contributed by atoms with Gasteiger partial charge in [-0.25, -0.2) is 0 Å². The van der Waals surface area contributed by atoms with Crippen molar-refractivity contribution in [1.82, 2.24) is 0 Å². The van der Waals surface area contributed by atoms with Crippen LogP contribution < -0.4 is 0 Å². The first-order valence-electron chi connectivity index (χ1n) is 4.89. The SMILES string of the molecule is O=C1/C=C\CC/C=C\CC/C=C\C1. The second kappa shape index (κ2) is 6.41. The summed E-state index contributed by atoms with van der Waals surface area (Å²) < 4.78 is 0. The average Bonchev–Trinajstić information content (AvgIpc) is 2.11. The molecule has 0 aromatic heterocycles. The maximum Gasteiger partial charge on any atom is 0.159 e. The molecule has 0 atom stereocenters. The third-order valence-electron chi connectivity index (χ3n) is 1.96. The quantitative estimate of drug-likeness (QED) is 0.518. The van der Waals surface area contributed by atoms with Gasteiger partial charge in [-0.05, 0) is 31.8 Å². The molecule has 1 nitrogen and oxygen atoms in total. The Bertz CT molecular complexity index is 234. The minimum absolute atomic E-state index is 0.209. The normalized spacial score (nSPS) is 26.9. The zero-order chi connectivity index (χ0) is 9.36. The molecule has 1 aliphatic rings. The van der Waals surface area contributed by atoms with Gasteiger partial charge in [-0.3, -0.25) is 4.79 Å². The topological polar surface area (TPSA) is 17.1 Å². The van der Waals surface area contributed by atoms with E-state index in [2.05, 4.69) is 18.2 Å². The van der Waals surface area contributed by atoms with E-state index in [4.69, 9.17) is 0 Å². The maximum absolute atomic E-state index is 11.1. The Balaban J connectivity index is 2.46. The first kappa shape index (κ1) is 9.97. The van der Waals surface area contributed by atoms with Crippen LogP contribution in [-0.4, -0.2) is 5.78 Å². The Labute approximate surface area is 79.8 Å². The molecule has 0 N–H and O–H groups in total. The lowest BCUT2D eigenvalue weighted by molar-refractivity contribution is -0.113. The Morgan fingerprint density at radius 2 is 1.31 bits per heavy atom. The molecule has 0 aliphatic heterocycles. The molecule has 0 aromatic rings. The Morgan fingerprint density at radius 3 is 2.00 bits per heavy atom. The summed E-state index contributed by atoms with van der Waals surface area (Å²) in [6, 6.07) is 0. The summed E-state index contributed by atoms with van der Waals surface area (Å²) in [5, 5.41) is 0. The van der Waals surface area contributed by atoms with Crippen molar-refractivity contribution < 1.29 is 4.79 Å². The molecule has 0 fully saturated rings. The molecule has 0 spiro atoms. The third kappa shape index (κ3) is 5.18. The molecule has 13 heavy (non-hydrogen) atoms. The fourth-order valence-corrected chi connectivity index (χ4v) is 1.22. The second-order valence-corrected chi connectivity index (χ2v) is 3.17. The molecule has 1 heteroatoms. The number of hydrogen-bond donors (Lipinski definition) is 0. The smallest absolute Gasteiger partial charge is 0.159 e. The van der Waals surface area contributed by atoms with Crippen LogP contribution in [0.1, 0.15) is 32.1 Å². The lowest BCUT2D eigenvalue weighted by Crippen LogP contribution is -1.88. The molecular weight excluding hydrogens is 160 g/mol. The Kier molecular flexibility index (Phi) is 4.92. The maximum atomic E-state index is 11.1. The van der Waals surface area contributed by atoms with Crippen LogP contribution in [0, 0.1) is 0 Å². The molecule has 1 rings (SSSR count). The summed E-state index contributed by atoms with van der Waals surface area (Å²) >= 11 is 0. The van der Waals surface area contributed by atoms with E-state index >= 15 is 0 Å². The van der Waals surface area contributed by atoms with Crippen molar-refractivity contribution in [2.75, 3.05) is 0 Å². The van der Waals surface area contributed by atoms with Crippen LogP contribution >= 0.6 is 0 Å². The number of carbonyl (C=O) groups excluding carboxylic acids is 1. The van der Waals surface area contributed by atoms with Crippen molar-refractivity contribution in [3.63, 3.8) is 0 Å². The molecule has 0 saturated carbocycles. The Morgan fingerprint density at radius 1 is 0.769 bits per heavy atom. The van der Waals surface area contributed by atoms with E-state index in [9.17, 15) is 4.79 Å². The van der Waals surface area contributed by atoms with Crippen molar-refractivity contribution >= 4 is 5.78 Å². The summed E-state index contributed by atoms with van der Waals surface area (Å²) in [6.45, 7) is 0. The van der Waals surface area contributed by atoms with E-state index in [1.807, 2.05) is 12.2 Å². The van der Waals surface area contributed by atoms with Gasteiger partial charge in [0.05, 0.1) is 0 Å². The average molecular weight is 176 g/mol. The summed E-state index contributed by atoms with van der Waals surface area (Å²) in [7, 11) is 0. The van der Waals surface area contributed by atoms with Crippen molar-refractivity contribution in [1.29, 1.82) is 0 Å². The van der Waals surface area contributed by atoms with Gasteiger partial charge in [0, 0.05) is 6.42 Å². The molecule has 0 heterocycles. The lowest BCUT2D eigenvalue weighted by atomic mass is 10.1. The van der Waals surface area contributed by atoms with Gasteiger partial charge in [-0.15, -0.1) is 0 Å².